The number of halogens is 3. The van der Waals surface area contributed by atoms with Crippen molar-refractivity contribution in [3.63, 3.8) is 0 Å². The Bertz CT molecular complexity index is 512. The van der Waals surface area contributed by atoms with Gasteiger partial charge < -0.3 is 0 Å². The van der Waals surface area contributed by atoms with Gasteiger partial charge in [-0.05, 0) is 42.9 Å². The number of aryl methyl sites for hydroxylation is 2. The lowest BCUT2D eigenvalue weighted by molar-refractivity contribution is -0.0877. The quantitative estimate of drug-likeness (QED) is 0.753. The topological polar surface area (TPSA) is 17.8 Å². The summed E-state index contributed by atoms with van der Waals surface area (Å²) in [5.41, 5.74) is 1.51. The van der Waals surface area contributed by atoms with Crippen LogP contribution in [0.2, 0.25) is 0 Å². The van der Waals surface area contributed by atoms with E-state index in [-0.39, 0.29) is 5.92 Å². The Morgan fingerprint density at radius 3 is 2.65 bits per heavy atom. The second-order valence-corrected chi connectivity index (χ2v) is 5.48. The summed E-state index contributed by atoms with van der Waals surface area (Å²) in [5, 5.41) is 4.45. The van der Waals surface area contributed by atoms with E-state index in [9.17, 15) is 13.2 Å². The first-order valence-electron chi connectivity index (χ1n) is 6.84. The Morgan fingerprint density at radius 1 is 1.40 bits per heavy atom. The maximum absolute atomic E-state index is 12.6. The first kappa shape index (κ1) is 14.9. The molecule has 0 N–H and O–H groups in total. The molecule has 2 rings (SSSR count). The smallest absolute Gasteiger partial charge is 0.269 e. The van der Waals surface area contributed by atoms with Crippen LogP contribution >= 0.6 is 0 Å². The van der Waals surface area contributed by atoms with Gasteiger partial charge in [0.25, 0.3) is 0 Å². The van der Waals surface area contributed by atoms with Crippen molar-refractivity contribution in [2.75, 3.05) is 0 Å². The monoisotopic (exact) mass is 284 g/mol. The van der Waals surface area contributed by atoms with Gasteiger partial charge in [0.2, 0.25) is 0 Å². The van der Waals surface area contributed by atoms with Crippen molar-refractivity contribution in [1.82, 2.24) is 9.78 Å². The summed E-state index contributed by atoms with van der Waals surface area (Å²) in [6.07, 6.45) is -0.137. The summed E-state index contributed by atoms with van der Waals surface area (Å²) < 4.78 is 39.8. The Morgan fingerprint density at radius 2 is 2.10 bits per heavy atom. The van der Waals surface area contributed by atoms with Crippen molar-refractivity contribution in [2.24, 2.45) is 5.92 Å². The van der Waals surface area contributed by atoms with Crippen LogP contribution in [-0.2, 0) is 13.0 Å². The van der Waals surface area contributed by atoms with Gasteiger partial charge in [-0.15, -0.1) is 0 Å². The SMILES string of the molecule is C=C(/C=C(/c1cc2n(n1)CCCC2)C(C)C)C(F)(F)F. The average molecular weight is 284 g/mol. The van der Waals surface area contributed by atoms with Gasteiger partial charge in [0.05, 0.1) is 5.69 Å². The van der Waals surface area contributed by atoms with Crippen molar-refractivity contribution in [2.45, 2.75) is 45.8 Å². The minimum Gasteiger partial charge on any atom is -0.269 e. The molecular formula is C15H19F3N2. The van der Waals surface area contributed by atoms with E-state index in [0.717, 1.165) is 37.6 Å². The predicted molar refractivity (Wildman–Crippen MR) is 73.2 cm³/mol. The molecule has 20 heavy (non-hydrogen) atoms. The van der Waals surface area contributed by atoms with E-state index in [1.54, 1.807) is 0 Å². The van der Waals surface area contributed by atoms with Crippen molar-refractivity contribution < 1.29 is 13.2 Å². The minimum absolute atomic E-state index is 0.0361. The van der Waals surface area contributed by atoms with Gasteiger partial charge in [0.1, 0.15) is 0 Å². The van der Waals surface area contributed by atoms with Gasteiger partial charge in [-0.3, -0.25) is 4.68 Å². The van der Waals surface area contributed by atoms with Crippen LogP contribution in [0.25, 0.3) is 5.57 Å². The Hall–Kier alpha value is -1.52. The van der Waals surface area contributed by atoms with Gasteiger partial charge in [-0.1, -0.05) is 20.4 Å². The van der Waals surface area contributed by atoms with E-state index in [4.69, 9.17) is 0 Å². The van der Waals surface area contributed by atoms with E-state index in [1.165, 1.54) is 0 Å². The summed E-state index contributed by atoms with van der Waals surface area (Å²) in [6, 6.07) is 1.91. The minimum atomic E-state index is -4.39. The molecule has 0 amide bonds. The zero-order valence-corrected chi connectivity index (χ0v) is 11.8. The van der Waals surface area contributed by atoms with E-state index in [1.807, 2.05) is 24.6 Å². The predicted octanol–water partition coefficient (Wildman–Crippen LogP) is 4.38. The van der Waals surface area contributed by atoms with E-state index in [2.05, 4.69) is 11.7 Å². The molecule has 0 radical (unpaired) electrons. The molecule has 110 valence electrons. The van der Waals surface area contributed by atoms with Gasteiger partial charge in [-0.2, -0.15) is 18.3 Å². The molecule has 2 nitrogen and oxygen atoms in total. The molecule has 0 saturated heterocycles. The number of fused-ring (bicyclic) bond motifs is 1. The summed E-state index contributed by atoms with van der Waals surface area (Å²) in [4.78, 5) is 0. The van der Waals surface area contributed by atoms with Crippen LogP contribution in [0.5, 0.6) is 0 Å². The first-order chi connectivity index (χ1) is 9.29. The number of nitrogens with zero attached hydrogens (tertiary/aromatic N) is 2. The van der Waals surface area contributed by atoms with Gasteiger partial charge in [0, 0.05) is 17.8 Å². The molecule has 0 unspecified atom stereocenters. The molecule has 0 spiro atoms. The third-order valence-electron chi connectivity index (χ3n) is 3.53. The van der Waals surface area contributed by atoms with Gasteiger partial charge in [-0.25, -0.2) is 0 Å². The number of rotatable bonds is 3. The Balaban J connectivity index is 2.36. The maximum Gasteiger partial charge on any atom is 0.415 e. The summed E-state index contributed by atoms with van der Waals surface area (Å²) in [5.74, 6) is -0.0361. The molecule has 0 aromatic carbocycles. The summed E-state index contributed by atoms with van der Waals surface area (Å²) >= 11 is 0. The average Bonchev–Trinajstić information content (AvgIpc) is 2.77. The second kappa shape index (κ2) is 5.46. The fraction of sp³-hybridized carbons (Fsp3) is 0.533. The lowest BCUT2D eigenvalue weighted by Crippen LogP contribution is -2.11. The summed E-state index contributed by atoms with van der Waals surface area (Å²) in [6.45, 7) is 7.71. The highest BCUT2D eigenvalue weighted by molar-refractivity contribution is 5.67. The largest absolute Gasteiger partial charge is 0.415 e. The number of hydrogen-bond donors (Lipinski definition) is 0. The molecule has 0 atom stereocenters. The van der Waals surface area contributed by atoms with Gasteiger partial charge >= 0.3 is 6.18 Å². The molecule has 1 aliphatic rings. The third-order valence-corrected chi connectivity index (χ3v) is 3.53. The van der Waals surface area contributed by atoms with E-state index >= 15 is 0 Å². The van der Waals surface area contributed by atoms with E-state index < -0.39 is 11.7 Å². The molecule has 1 aliphatic heterocycles. The van der Waals surface area contributed by atoms with Crippen LogP contribution < -0.4 is 0 Å². The lowest BCUT2D eigenvalue weighted by Gasteiger charge is -2.12. The molecule has 0 aliphatic carbocycles. The standard InChI is InChI=1S/C15H19F3N2/c1-10(2)13(8-11(3)15(16,17)18)14-9-12-6-4-5-7-20(12)19-14/h8-10H,3-7H2,1-2H3/b13-8+. The molecule has 2 heterocycles. The lowest BCUT2D eigenvalue weighted by atomic mass is 9.97. The van der Waals surface area contributed by atoms with Crippen LogP contribution in [-0.4, -0.2) is 16.0 Å². The Labute approximate surface area is 117 Å². The van der Waals surface area contributed by atoms with Crippen molar-refractivity contribution in [3.8, 4) is 0 Å². The third kappa shape index (κ3) is 3.14. The number of allylic oxidation sites excluding steroid dienone is 3. The highest BCUT2D eigenvalue weighted by Gasteiger charge is 2.31. The number of aromatic nitrogens is 2. The fourth-order valence-electron chi connectivity index (χ4n) is 2.36. The zero-order valence-electron chi connectivity index (χ0n) is 11.8. The fourth-order valence-corrected chi connectivity index (χ4v) is 2.36. The highest BCUT2D eigenvalue weighted by Crippen LogP contribution is 2.31. The second-order valence-electron chi connectivity index (χ2n) is 5.48. The molecule has 5 heteroatoms. The van der Waals surface area contributed by atoms with Gasteiger partial charge in [0.15, 0.2) is 0 Å². The molecule has 0 saturated carbocycles. The molecule has 0 bridgehead atoms. The van der Waals surface area contributed by atoms with Crippen LogP contribution in [0.15, 0.2) is 24.3 Å². The first-order valence-corrected chi connectivity index (χ1v) is 6.84. The normalized spacial score (nSPS) is 16.4. The summed E-state index contributed by atoms with van der Waals surface area (Å²) in [7, 11) is 0. The van der Waals surface area contributed by atoms with Crippen molar-refractivity contribution >= 4 is 5.57 Å². The number of hydrogen-bond acceptors (Lipinski definition) is 1. The van der Waals surface area contributed by atoms with Crippen LogP contribution in [0.1, 0.15) is 38.1 Å². The van der Waals surface area contributed by atoms with Crippen LogP contribution in [0.4, 0.5) is 13.2 Å². The van der Waals surface area contributed by atoms with Crippen LogP contribution in [0, 0.1) is 5.92 Å². The zero-order chi connectivity index (χ0) is 14.9. The molecule has 0 fully saturated rings. The van der Waals surface area contributed by atoms with Crippen LogP contribution in [0.3, 0.4) is 0 Å². The van der Waals surface area contributed by atoms with E-state index in [0.29, 0.717) is 11.3 Å². The molecule has 1 aromatic rings. The molecule has 1 aromatic heterocycles. The van der Waals surface area contributed by atoms with Crippen molar-refractivity contribution in [1.29, 1.82) is 0 Å². The maximum atomic E-state index is 12.6. The van der Waals surface area contributed by atoms with Crippen molar-refractivity contribution in [3.05, 3.63) is 35.7 Å². The Kier molecular flexibility index (Phi) is 4.06. The highest BCUT2D eigenvalue weighted by atomic mass is 19.4. The molecular weight excluding hydrogens is 265 g/mol. The number of alkyl halides is 3.